The highest BCUT2D eigenvalue weighted by atomic mass is 16.6. The van der Waals surface area contributed by atoms with Gasteiger partial charge in [-0.05, 0) is 50.8 Å². The van der Waals surface area contributed by atoms with Crippen molar-refractivity contribution < 1.29 is 48.4 Å². The van der Waals surface area contributed by atoms with Gasteiger partial charge in [0.05, 0.1) is 30.8 Å². The van der Waals surface area contributed by atoms with E-state index in [2.05, 4.69) is 4.98 Å². The van der Waals surface area contributed by atoms with Crippen molar-refractivity contribution in [3.05, 3.63) is 29.5 Å². The quantitative estimate of drug-likeness (QED) is 0.348. The molecule has 1 aliphatic heterocycles. The molecule has 2 fully saturated rings. The number of fused-ring (bicyclic) bond motifs is 1. The molecule has 2 aromatic rings. The summed E-state index contributed by atoms with van der Waals surface area (Å²) < 4.78 is 16.5. The summed E-state index contributed by atoms with van der Waals surface area (Å²) >= 11 is 0. The first-order chi connectivity index (χ1) is 20.0. The van der Waals surface area contributed by atoms with Crippen LogP contribution < -0.4 is 15.2 Å². The molecular weight excluding hydrogens is 552 g/mol. The number of ether oxygens (including phenoxy) is 3. The maximum absolute atomic E-state index is 13.9. The van der Waals surface area contributed by atoms with Crippen LogP contribution in [0.2, 0.25) is 0 Å². The van der Waals surface area contributed by atoms with Gasteiger partial charge in [-0.25, -0.2) is 9.59 Å². The second-order valence-electron chi connectivity index (χ2n) is 10.2. The second-order valence-corrected chi connectivity index (χ2v) is 10.2. The number of pyridine rings is 1. The number of nitrogens with zero attached hydrogens (tertiary/aromatic N) is 3. The standard InChI is InChI=1S/C28H34N4O10/c1-3-41-27(39)32-13-11-31(12-14-32)25(36)17(6-8-20(33)34)22-21(24(29)35)23(42-28(26(37)38)9-4-10-28)18-15-16(40-2)5-7-19(18)30-22/h5,7,15,17H,3-4,6,8-14H2,1-2H3,(H2,29,35)(H,33,34)(H,37,38). The number of rotatable bonds is 11. The van der Waals surface area contributed by atoms with Gasteiger partial charge in [-0.1, -0.05) is 0 Å². The molecule has 14 heteroatoms. The summed E-state index contributed by atoms with van der Waals surface area (Å²) in [7, 11) is 1.44. The topological polar surface area (TPSA) is 199 Å². The van der Waals surface area contributed by atoms with Crippen molar-refractivity contribution in [3.8, 4) is 11.5 Å². The molecule has 3 amide bonds. The summed E-state index contributed by atoms with van der Waals surface area (Å²) in [6.45, 7) is 2.57. The SMILES string of the molecule is CCOC(=O)N1CCN(C(=O)C(CCC(=O)O)c2nc3ccc(OC)cc3c(OC3(C(=O)O)CCC3)c2C(N)=O)CC1. The number of nitrogens with two attached hydrogens (primary N) is 1. The van der Waals surface area contributed by atoms with E-state index in [9.17, 15) is 34.2 Å². The van der Waals surface area contributed by atoms with Gasteiger partial charge in [0.2, 0.25) is 11.5 Å². The molecule has 1 aromatic carbocycles. The van der Waals surface area contributed by atoms with Crippen LogP contribution in [0.4, 0.5) is 4.79 Å². The van der Waals surface area contributed by atoms with Crippen LogP contribution in [0.1, 0.15) is 61.0 Å². The molecule has 1 atom stereocenters. The molecule has 226 valence electrons. The molecule has 1 saturated heterocycles. The Morgan fingerprint density at radius 2 is 1.74 bits per heavy atom. The number of primary amides is 1. The summed E-state index contributed by atoms with van der Waals surface area (Å²) in [6.07, 6.45) is -0.167. The molecule has 42 heavy (non-hydrogen) atoms. The third-order valence-corrected chi connectivity index (χ3v) is 7.66. The van der Waals surface area contributed by atoms with E-state index >= 15 is 0 Å². The fraction of sp³-hybridized carbons (Fsp3) is 0.500. The van der Waals surface area contributed by atoms with E-state index in [0.29, 0.717) is 12.2 Å². The number of carbonyl (C=O) groups is 5. The summed E-state index contributed by atoms with van der Waals surface area (Å²) in [4.78, 5) is 70.5. The maximum atomic E-state index is 13.9. The molecule has 4 rings (SSSR count). The lowest BCUT2D eigenvalue weighted by atomic mass is 9.80. The smallest absolute Gasteiger partial charge is 0.409 e. The van der Waals surface area contributed by atoms with Crippen molar-refractivity contribution in [2.75, 3.05) is 39.9 Å². The van der Waals surface area contributed by atoms with Crippen LogP contribution in [0.25, 0.3) is 10.9 Å². The molecule has 2 heterocycles. The molecule has 0 radical (unpaired) electrons. The Kier molecular flexibility index (Phi) is 9.02. The molecule has 2 aliphatic rings. The number of hydrogen-bond donors (Lipinski definition) is 3. The zero-order chi connectivity index (χ0) is 30.6. The van der Waals surface area contributed by atoms with Gasteiger partial charge in [0, 0.05) is 38.0 Å². The van der Waals surface area contributed by atoms with Crippen molar-refractivity contribution >= 4 is 40.7 Å². The number of carboxylic acid groups (broad SMARTS) is 2. The summed E-state index contributed by atoms with van der Waals surface area (Å²) in [5, 5.41) is 19.7. The normalized spacial score (nSPS) is 16.7. The fourth-order valence-electron chi connectivity index (χ4n) is 5.20. The number of hydrogen-bond acceptors (Lipinski definition) is 9. The lowest BCUT2D eigenvalue weighted by Gasteiger charge is -2.39. The van der Waals surface area contributed by atoms with E-state index in [4.69, 9.17) is 19.9 Å². The zero-order valence-electron chi connectivity index (χ0n) is 23.5. The minimum atomic E-state index is -1.61. The first-order valence-electron chi connectivity index (χ1n) is 13.7. The number of amides is 3. The Morgan fingerprint density at radius 3 is 2.26 bits per heavy atom. The highest BCUT2D eigenvalue weighted by Crippen LogP contribution is 2.43. The van der Waals surface area contributed by atoms with Gasteiger partial charge in [-0.3, -0.25) is 19.4 Å². The van der Waals surface area contributed by atoms with Crippen LogP contribution in [-0.4, -0.2) is 100 Å². The largest absolute Gasteiger partial charge is 0.497 e. The van der Waals surface area contributed by atoms with Crippen LogP contribution in [0.3, 0.4) is 0 Å². The van der Waals surface area contributed by atoms with Crippen molar-refractivity contribution in [2.45, 2.75) is 50.5 Å². The van der Waals surface area contributed by atoms with E-state index in [1.165, 1.54) is 23.0 Å². The second kappa shape index (κ2) is 12.5. The molecule has 0 bridgehead atoms. The molecule has 1 aromatic heterocycles. The Bertz CT molecular complexity index is 1400. The maximum Gasteiger partial charge on any atom is 0.409 e. The Labute approximate surface area is 241 Å². The third-order valence-electron chi connectivity index (χ3n) is 7.66. The molecule has 1 aliphatic carbocycles. The summed E-state index contributed by atoms with van der Waals surface area (Å²) in [6, 6.07) is 4.71. The highest BCUT2D eigenvalue weighted by Gasteiger charge is 2.48. The van der Waals surface area contributed by atoms with Gasteiger partial charge < -0.3 is 40.0 Å². The highest BCUT2D eigenvalue weighted by molar-refractivity contribution is 6.05. The van der Waals surface area contributed by atoms with Gasteiger partial charge in [0.1, 0.15) is 17.1 Å². The molecule has 1 saturated carbocycles. The zero-order valence-corrected chi connectivity index (χ0v) is 23.5. The minimum absolute atomic E-state index is 0.103. The van der Waals surface area contributed by atoms with Crippen molar-refractivity contribution in [1.82, 2.24) is 14.8 Å². The van der Waals surface area contributed by atoms with Gasteiger partial charge in [-0.2, -0.15) is 0 Å². The summed E-state index contributed by atoms with van der Waals surface area (Å²) in [5.41, 5.74) is 4.11. The Balaban J connectivity index is 1.83. The van der Waals surface area contributed by atoms with Crippen LogP contribution in [0, 0.1) is 0 Å². The molecule has 0 spiro atoms. The fourth-order valence-corrected chi connectivity index (χ4v) is 5.20. The third kappa shape index (κ3) is 6.02. The molecular formula is C28H34N4O10. The Morgan fingerprint density at radius 1 is 1.07 bits per heavy atom. The predicted octanol–water partition coefficient (Wildman–Crippen LogP) is 1.98. The number of methoxy groups -OCH3 is 1. The van der Waals surface area contributed by atoms with Gasteiger partial charge in [0.15, 0.2) is 0 Å². The molecule has 1 unspecified atom stereocenters. The van der Waals surface area contributed by atoms with Gasteiger partial charge in [-0.15, -0.1) is 0 Å². The van der Waals surface area contributed by atoms with Crippen molar-refractivity contribution in [1.29, 1.82) is 0 Å². The average molecular weight is 587 g/mol. The van der Waals surface area contributed by atoms with Gasteiger partial charge >= 0.3 is 18.0 Å². The van der Waals surface area contributed by atoms with E-state index in [0.717, 1.165) is 0 Å². The Hall–Kier alpha value is -4.62. The number of aliphatic carboxylic acids is 2. The lowest BCUT2D eigenvalue weighted by Crippen LogP contribution is -2.52. The minimum Gasteiger partial charge on any atom is -0.497 e. The first kappa shape index (κ1) is 30.3. The van der Waals surface area contributed by atoms with Crippen LogP contribution in [-0.2, 0) is 19.1 Å². The van der Waals surface area contributed by atoms with E-state index in [1.807, 2.05) is 0 Å². The van der Waals surface area contributed by atoms with Crippen LogP contribution in [0.5, 0.6) is 11.5 Å². The van der Waals surface area contributed by atoms with Crippen LogP contribution in [0.15, 0.2) is 18.2 Å². The number of aromatic nitrogens is 1. The predicted molar refractivity (Wildman–Crippen MR) is 146 cm³/mol. The van der Waals surface area contributed by atoms with Gasteiger partial charge in [0.25, 0.3) is 5.91 Å². The number of carboxylic acids is 2. The van der Waals surface area contributed by atoms with Crippen LogP contribution >= 0.6 is 0 Å². The number of carbonyl (C=O) groups excluding carboxylic acids is 3. The number of benzene rings is 1. The average Bonchev–Trinajstić information content (AvgIpc) is 2.94. The first-order valence-corrected chi connectivity index (χ1v) is 13.7. The molecule has 4 N–H and O–H groups in total. The van der Waals surface area contributed by atoms with E-state index in [-0.39, 0.29) is 80.0 Å². The van der Waals surface area contributed by atoms with E-state index < -0.39 is 47.8 Å². The van der Waals surface area contributed by atoms with Crippen molar-refractivity contribution in [3.63, 3.8) is 0 Å². The van der Waals surface area contributed by atoms with Crippen molar-refractivity contribution in [2.24, 2.45) is 5.73 Å². The lowest BCUT2D eigenvalue weighted by molar-refractivity contribution is -0.163. The number of piperazine rings is 1. The van der Waals surface area contributed by atoms with E-state index in [1.54, 1.807) is 19.1 Å². The molecule has 14 nitrogen and oxygen atoms in total. The monoisotopic (exact) mass is 586 g/mol. The summed E-state index contributed by atoms with van der Waals surface area (Å²) in [5.74, 6) is -4.90.